The molecular weight excluding hydrogens is 500 g/mol. The maximum atomic E-state index is 13.5. The molecule has 0 saturated carbocycles. The van der Waals surface area contributed by atoms with Crippen molar-refractivity contribution in [2.45, 2.75) is 38.1 Å². The number of carboxylic acid groups (broad SMARTS) is 1. The summed E-state index contributed by atoms with van der Waals surface area (Å²) in [4.78, 5) is 39.5. The molecule has 2 N–H and O–H groups in total. The smallest absolute Gasteiger partial charge is 0.417 e. The summed E-state index contributed by atoms with van der Waals surface area (Å²) in [5, 5.41) is 20.3. The fourth-order valence-corrected chi connectivity index (χ4v) is 4.62. The van der Waals surface area contributed by atoms with E-state index in [9.17, 15) is 19.5 Å². The van der Waals surface area contributed by atoms with Crippen LogP contribution in [0.25, 0.3) is 11.1 Å². The van der Waals surface area contributed by atoms with Crippen molar-refractivity contribution in [3.05, 3.63) is 95.6 Å². The van der Waals surface area contributed by atoms with E-state index in [-0.39, 0.29) is 19.8 Å². The molecule has 9 heteroatoms. The van der Waals surface area contributed by atoms with Gasteiger partial charge in [-0.3, -0.25) is 4.79 Å². The number of rotatable bonds is 10. The number of ether oxygens (including phenoxy) is 2. The van der Waals surface area contributed by atoms with E-state index in [0.29, 0.717) is 12.0 Å². The summed E-state index contributed by atoms with van der Waals surface area (Å²) >= 11 is 0. The number of hydrogen-bond donors (Lipinski definition) is 2. The molecule has 1 saturated heterocycles. The van der Waals surface area contributed by atoms with Gasteiger partial charge in [-0.1, -0.05) is 72.8 Å². The predicted octanol–water partition coefficient (Wildman–Crippen LogP) is 4.49. The van der Waals surface area contributed by atoms with Crippen molar-refractivity contribution in [2.75, 3.05) is 20.3 Å². The molecule has 3 unspecified atom stereocenters. The van der Waals surface area contributed by atoms with Crippen LogP contribution in [0.2, 0.25) is 0 Å². The fraction of sp³-hybridized carbons (Fsp3) is 0.300. The van der Waals surface area contributed by atoms with Crippen LogP contribution in [0, 0.1) is 0 Å². The summed E-state index contributed by atoms with van der Waals surface area (Å²) in [5.41, 5.74) is 4.00. The van der Waals surface area contributed by atoms with Gasteiger partial charge in [0.2, 0.25) is 0 Å². The SMILES string of the molecule is CCOC(C(=O)N1C(=O)OCC1Cc1ccccc1)C(O)c1ccc(-c2cccc(CN(C)C(=O)O)c2)cc1. The molecule has 1 heterocycles. The Morgan fingerprint density at radius 2 is 1.72 bits per heavy atom. The van der Waals surface area contributed by atoms with Crippen LogP contribution in [0.4, 0.5) is 9.59 Å². The largest absolute Gasteiger partial charge is 0.465 e. The Kier molecular flexibility index (Phi) is 8.96. The minimum Gasteiger partial charge on any atom is -0.465 e. The number of aliphatic hydroxyl groups is 1. The van der Waals surface area contributed by atoms with E-state index in [1.54, 1.807) is 19.1 Å². The Balaban J connectivity index is 1.51. The van der Waals surface area contributed by atoms with Gasteiger partial charge >= 0.3 is 12.2 Å². The van der Waals surface area contributed by atoms with E-state index in [1.807, 2.05) is 66.7 Å². The van der Waals surface area contributed by atoms with E-state index in [2.05, 4.69) is 0 Å². The van der Waals surface area contributed by atoms with Gasteiger partial charge in [-0.2, -0.15) is 0 Å². The number of amides is 3. The highest BCUT2D eigenvalue weighted by Crippen LogP contribution is 2.28. The third-order valence-corrected chi connectivity index (χ3v) is 6.65. The molecule has 39 heavy (non-hydrogen) atoms. The zero-order valence-corrected chi connectivity index (χ0v) is 21.9. The average Bonchev–Trinajstić information content (AvgIpc) is 3.31. The minimum absolute atomic E-state index is 0.0738. The predicted molar refractivity (Wildman–Crippen MR) is 144 cm³/mol. The standard InChI is InChI=1S/C30H32N2O7/c1-3-38-27(28(34)32-25(19-39-30(32)37)17-20-8-5-4-6-9-20)26(33)23-14-12-22(13-15-23)24-11-7-10-21(16-24)18-31(2)29(35)36/h4-16,25-27,33H,3,17-19H2,1-2H3,(H,35,36). The molecule has 0 radical (unpaired) electrons. The van der Waals surface area contributed by atoms with Crippen LogP contribution >= 0.6 is 0 Å². The van der Waals surface area contributed by atoms with E-state index >= 15 is 0 Å². The molecule has 4 rings (SSSR count). The van der Waals surface area contributed by atoms with E-state index < -0.39 is 36.3 Å². The minimum atomic E-state index is -1.31. The molecule has 3 aromatic rings. The van der Waals surface area contributed by atoms with Crippen molar-refractivity contribution in [3.63, 3.8) is 0 Å². The molecule has 3 aromatic carbocycles. The molecule has 0 aromatic heterocycles. The summed E-state index contributed by atoms with van der Waals surface area (Å²) < 4.78 is 10.9. The average molecular weight is 533 g/mol. The van der Waals surface area contributed by atoms with Crippen molar-refractivity contribution in [1.82, 2.24) is 9.80 Å². The monoisotopic (exact) mass is 532 g/mol. The normalized spacial score (nSPS) is 16.4. The molecule has 0 bridgehead atoms. The Morgan fingerprint density at radius 1 is 1.03 bits per heavy atom. The first kappa shape index (κ1) is 27.8. The van der Waals surface area contributed by atoms with Crippen LogP contribution in [0.15, 0.2) is 78.9 Å². The number of imide groups is 1. The molecule has 9 nitrogen and oxygen atoms in total. The highest BCUT2D eigenvalue weighted by molar-refractivity contribution is 5.96. The number of aliphatic hydroxyl groups excluding tert-OH is 1. The lowest BCUT2D eigenvalue weighted by atomic mass is 9.97. The molecule has 1 aliphatic heterocycles. The van der Waals surface area contributed by atoms with Crippen molar-refractivity contribution < 1.29 is 34.1 Å². The van der Waals surface area contributed by atoms with Crippen LogP contribution < -0.4 is 0 Å². The van der Waals surface area contributed by atoms with Crippen molar-refractivity contribution in [2.24, 2.45) is 0 Å². The number of nitrogens with zero attached hydrogens (tertiary/aromatic N) is 2. The van der Waals surface area contributed by atoms with Crippen LogP contribution in [0.3, 0.4) is 0 Å². The quantitative estimate of drug-likeness (QED) is 0.395. The fourth-order valence-electron chi connectivity index (χ4n) is 4.62. The number of cyclic esters (lactones) is 1. The van der Waals surface area contributed by atoms with E-state index in [1.165, 1.54) is 11.9 Å². The zero-order valence-electron chi connectivity index (χ0n) is 21.9. The first-order chi connectivity index (χ1) is 18.8. The molecule has 3 amide bonds. The van der Waals surface area contributed by atoms with Crippen molar-refractivity contribution in [3.8, 4) is 11.1 Å². The topological polar surface area (TPSA) is 117 Å². The summed E-state index contributed by atoms with van der Waals surface area (Å²) in [6.45, 7) is 2.21. The van der Waals surface area contributed by atoms with Gasteiger partial charge < -0.3 is 24.6 Å². The van der Waals surface area contributed by atoms with Crippen LogP contribution in [-0.4, -0.2) is 70.5 Å². The lowest BCUT2D eigenvalue weighted by molar-refractivity contribution is -0.149. The molecular formula is C30H32N2O7. The van der Waals surface area contributed by atoms with Crippen LogP contribution in [-0.2, 0) is 27.2 Å². The van der Waals surface area contributed by atoms with Gasteiger partial charge in [0.25, 0.3) is 5.91 Å². The molecule has 1 aliphatic rings. The summed E-state index contributed by atoms with van der Waals surface area (Å²) in [7, 11) is 1.51. The Labute approximate surface area is 227 Å². The molecule has 0 spiro atoms. The highest BCUT2D eigenvalue weighted by atomic mass is 16.6. The van der Waals surface area contributed by atoms with E-state index in [0.717, 1.165) is 27.2 Å². The number of carbonyl (C=O) groups excluding carboxylic acids is 2. The second kappa shape index (κ2) is 12.6. The summed E-state index contributed by atoms with van der Waals surface area (Å²) in [6.07, 6.45) is -3.93. The Hall–Kier alpha value is -4.21. The number of carbonyl (C=O) groups is 3. The van der Waals surface area contributed by atoms with Gasteiger partial charge in [-0.15, -0.1) is 0 Å². The van der Waals surface area contributed by atoms with E-state index in [4.69, 9.17) is 14.6 Å². The van der Waals surface area contributed by atoms with Crippen LogP contribution in [0.5, 0.6) is 0 Å². The number of benzene rings is 3. The number of hydrogen-bond acceptors (Lipinski definition) is 6. The zero-order chi connectivity index (χ0) is 27.9. The van der Waals surface area contributed by atoms with Gasteiger partial charge in [0, 0.05) is 20.2 Å². The Bertz CT molecular complexity index is 1300. The van der Waals surface area contributed by atoms with Crippen molar-refractivity contribution in [1.29, 1.82) is 0 Å². The second-order valence-corrected chi connectivity index (χ2v) is 9.41. The Morgan fingerprint density at radius 3 is 2.38 bits per heavy atom. The van der Waals surface area contributed by atoms with Crippen LogP contribution in [0.1, 0.15) is 29.7 Å². The van der Waals surface area contributed by atoms with Gasteiger partial charge in [-0.05, 0) is 47.2 Å². The molecule has 0 aliphatic carbocycles. The van der Waals surface area contributed by atoms with Gasteiger partial charge in [0.05, 0.1) is 6.04 Å². The third kappa shape index (κ3) is 6.63. The molecule has 204 valence electrons. The summed E-state index contributed by atoms with van der Waals surface area (Å²) in [6, 6.07) is 23.6. The van der Waals surface area contributed by atoms with Gasteiger partial charge in [0.15, 0.2) is 6.10 Å². The lowest BCUT2D eigenvalue weighted by Crippen LogP contribution is -2.48. The first-order valence-electron chi connectivity index (χ1n) is 12.7. The van der Waals surface area contributed by atoms with Gasteiger partial charge in [-0.25, -0.2) is 14.5 Å². The van der Waals surface area contributed by atoms with Crippen molar-refractivity contribution >= 4 is 18.1 Å². The maximum absolute atomic E-state index is 13.5. The highest BCUT2D eigenvalue weighted by Gasteiger charge is 2.43. The lowest BCUT2D eigenvalue weighted by Gasteiger charge is -2.28. The molecule has 3 atom stereocenters. The maximum Gasteiger partial charge on any atom is 0.417 e. The van der Waals surface area contributed by atoms with Gasteiger partial charge in [0.1, 0.15) is 12.7 Å². The third-order valence-electron chi connectivity index (χ3n) is 6.65. The first-order valence-corrected chi connectivity index (χ1v) is 12.7. The second-order valence-electron chi connectivity index (χ2n) is 9.41. The molecule has 1 fully saturated rings. The summed E-state index contributed by atoms with van der Waals surface area (Å²) in [5.74, 6) is -0.646.